The van der Waals surface area contributed by atoms with E-state index >= 15 is 0 Å². The normalized spacial score (nSPS) is 13.5. The highest BCUT2D eigenvalue weighted by atomic mass is 16.5. The zero-order valence-electron chi connectivity index (χ0n) is 12.8. The van der Waals surface area contributed by atoms with Crippen LogP contribution in [0.4, 0.5) is 0 Å². The average molecular weight is 302 g/mol. The summed E-state index contributed by atoms with van der Waals surface area (Å²) >= 11 is 0. The summed E-state index contributed by atoms with van der Waals surface area (Å²) in [6, 6.07) is 5.52. The molecule has 0 aliphatic carbocycles. The second-order valence-corrected chi connectivity index (χ2v) is 4.20. The van der Waals surface area contributed by atoms with Crippen LogP contribution in [0.2, 0.25) is 0 Å². The lowest BCUT2D eigenvalue weighted by Crippen LogP contribution is -2.00. The lowest BCUT2D eigenvalue weighted by atomic mass is 10.1. The highest BCUT2D eigenvalue weighted by Crippen LogP contribution is 2.28. The van der Waals surface area contributed by atoms with Crippen molar-refractivity contribution in [3.8, 4) is 11.5 Å². The van der Waals surface area contributed by atoms with E-state index < -0.39 is 0 Å². The maximum atomic E-state index is 5.37. The summed E-state index contributed by atoms with van der Waals surface area (Å²) in [4.78, 5) is 8.05. The third kappa shape index (κ3) is 5.70. The van der Waals surface area contributed by atoms with Gasteiger partial charge in [0.25, 0.3) is 0 Å². The van der Waals surface area contributed by atoms with Crippen LogP contribution in [0.3, 0.4) is 0 Å². The highest BCUT2D eigenvalue weighted by Gasteiger charge is 2.03. The number of benzene rings is 1. The van der Waals surface area contributed by atoms with Crippen molar-refractivity contribution < 1.29 is 9.47 Å². The SMILES string of the molecule is COc1ccc(/C=C/[C@@H](/C=C/CN=CN)N=CN)cc1OC. The van der Waals surface area contributed by atoms with Gasteiger partial charge in [-0.1, -0.05) is 30.4 Å². The number of hydrogen-bond acceptors (Lipinski definition) is 4. The first-order valence-electron chi connectivity index (χ1n) is 6.75. The molecule has 0 saturated carbocycles. The minimum Gasteiger partial charge on any atom is -0.493 e. The average Bonchev–Trinajstić information content (AvgIpc) is 2.56. The summed E-state index contributed by atoms with van der Waals surface area (Å²) in [5.41, 5.74) is 11.5. The van der Waals surface area contributed by atoms with Gasteiger partial charge in [-0.15, -0.1) is 0 Å². The van der Waals surface area contributed by atoms with E-state index in [1.54, 1.807) is 14.2 Å². The van der Waals surface area contributed by atoms with E-state index in [1.165, 1.54) is 12.7 Å². The van der Waals surface area contributed by atoms with Gasteiger partial charge in [0.1, 0.15) is 0 Å². The van der Waals surface area contributed by atoms with Gasteiger partial charge in [0, 0.05) is 0 Å². The highest BCUT2D eigenvalue weighted by molar-refractivity contribution is 5.58. The second kappa shape index (κ2) is 10.0. The molecule has 6 nitrogen and oxygen atoms in total. The molecule has 0 aliphatic rings. The summed E-state index contributed by atoms with van der Waals surface area (Å²) in [6.07, 6.45) is 10.2. The monoisotopic (exact) mass is 302 g/mol. The van der Waals surface area contributed by atoms with E-state index in [0.29, 0.717) is 18.0 Å². The van der Waals surface area contributed by atoms with E-state index in [9.17, 15) is 0 Å². The van der Waals surface area contributed by atoms with Crippen LogP contribution in [0.15, 0.2) is 46.4 Å². The first-order valence-corrected chi connectivity index (χ1v) is 6.75. The molecule has 0 radical (unpaired) electrons. The fraction of sp³-hybridized carbons (Fsp3) is 0.250. The van der Waals surface area contributed by atoms with Crippen molar-refractivity contribution in [3.05, 3.63) is 42.0 Å². The molecule has 0 heterocycles. The molecule has 0 unspecified atom stereocenters. The van der Waals surface area contributed by atoms with Crippen LogP contribution in [0, 0.1) is 0 Å². The van der Waals surface area contributed by atoms with Crippen molar-refractivity contribution in [1.29, 1.82) is 0 Å². The molecule has 0 aromatic heterocycles. The van der Waals surface area contributed by atoms with Crippen LogP contribution in [-0.4, -0.2) is 39.5 Å². The van der Waals surface area contributed by atoms with Crippen LogP contribution in [0.1, 0.15) is 5.56 Å². The molecule has 118 valence electrons. The minimum atomic E-state index is -0.161. The summed E-state index contributed by atoms with van der Waals surface area (Å²) in [5, 5.41) is 0. The van der Waals surface area contributed by atoms with Crippen molar-refractivity contribution in [2.75, 3.05) is 20.8 Å². The quantitative estimate of drug-likeness (QED) is 0.433. The molecule has 1 rings (SSSR count). The van der Waals surface area contributed by atoms with Crippen molar-refractivity contribution in [2.24, 2.45) is 21.5 Å². The molecular weight excluding hydrogens is 280 g/mol. The number of hydrogen-bond donors (Lipinski definition) is 2. The second-order valence-electron chi connectivity index (χ2n) is 4.20. The van der Waals surface area contributed by atoms with Crippen molar-refractivity contribution >= 4 is 18.8 Å². The van der Waals surface area contributed by atoms with Crippen LogP contribution in [0.25, 0.3) is 6.08 Å². The van der Waals surface area contributed by atoms with E-state index in [2.05, 4.69) is 9.98 Å². The number of rotatable bonds is 8. The first-order chi connectivity index (χ1) is 10.7. The van der Waals surface area contributed by atoms with Gasteiger partial charge in [-0.05, 0) is 17.7 Å². The van der Waals surface area contributed by atoms with E-state index in [1.807, 2.05) is 42.5 Å². The molecule has 1 aromatic rings. The Morgan fingerprint density at radius 3 is 2.50 bits per heavy atom. The third-order valence-electron chi connectivity index (χ3n) is 2.80. The maximum Gasteiger partial charge on any atom is 0.161 e. The molecule has 0 saturated heterocycles. The summed E-state index contributed by atoms with van der Waals surface area (Å²) in [7, 11) is 3.21. The molecule has 1 aromatic carbocycles. The summed E-state index contributed by atoms with van der Waals surface area (Å²) in [5.74, 6) is 1.37. The molecule has 0 fully saturated rings. The molecule has 0 amide bonds. The number of ether oxygens (including phenoxy) is 2. The predicted octanol–water partition coefficient (Wildman–Crippen LogP) is 1.62. The standard InChI is InChI=1S/C16H22N4O2/c1-21-15-8-6-13(10-16(15)22-2)5-7-14(20-12-18)4-3-9-19-11-17/h3-8,10-12,14H,9H2,1-2H3,(H2,17,19)(H2,18,20)/b4-3+,7-5+/t14-/m1/s1. The molecule has 22 heavy (non-hydrogen) atoms. The smallest absolute Gasteiger partial charge is 0.161 e. The van der Waals surface area contributed by atoms with Gasteiger partial charge in [0.05, 0.1) is 39.5 Å². The fourth-order valence-electron chi connectivity index (χ4n) is 1.75. The van der Waals surface area contributed by atoms with Crippen LogP contribution < -0.4 is 20.9 Å². The third-order valence-corrected chi connectivity index (χ3v) is 2.80. The Morgan fingerprint density at radius 1 is 1.09 bits per heavy atom. The largest absolute Gasteiger partial charge is 0.493 e. The van der Waals surface area contributed by atoms with Crippen molar-refractivity contribution in [2.45, 2.75) is 6.04 Å². The van der Waals surface area contributed by atoms with Crippen LogP contribution >= 0.6 is 0 Å². The van der Waals surface area contributed by atoms with Crippen LogP contribution in [0.5, 0.6) is 11.5 Å². The Morgan fingerprint density at radius 2 is 1.86 bits per heavy atom. The Labute approximate surface area is 130 Å². The van der Waals surface area contributed by atoms with E-state index in [4.69, 9.17) is 20.9 Å². The molecule has 0 bridgehead atoms. The number of aliphatic imine (C=N–C) groups is 2. The molecule has 1 atom stereocenters. The molecule has 0 aliphatic heterocycles. The number of nitrogens with two attached hydrogens (primary N) is 2. The van der Waals surface area contributed by atoms with Gasteiger partial charge < -0.3 is 20.9 Å². The Hall–Kier alpha value is -2.76. The first kappa shape index (κ1) is 17.3. The molecule has 6 heteroatoms. The predicted molar refractivity (Wildman–Crippen MR) is 91.7 cm³/mol. The van der Waals surface area contributed by atoms with Crippen molar-refractivity contribution in [1.82, 2.24) is 0 Å². The minimum absolute atomic E-state index is 0.161. The van der Waals surface area contributed by atoms with Gasteiger partial charge in [0.15, 0.2) is 11.5 Å². The molecule has 4 N–H and O–H groups in total. The lowest BCUT2D eigenvalue weighted by molar-refractivity contribution is 0.355. The molecular formula is C16H22N4O2. The fourth-order valence-corrected chi connectivity index (χ4v) is 1.75. The van der Waals surface area contributed by atoms with E-state index in [-0.39, 0.29) is 6.04 Å². The van der Waals surface area contributed by atoms with E-state index in [0.717, 1.165) is 5.56 Å². The number of nitrogens with zero attached hydrogens (tertiary/aromatic N) is 2. The van der Waals surface area contributed by atoms with Gasteiger partial charge in [-0.2, -0.15) is 0 Å². The van der Waals surface area contributed by atoms with Gasteiger partial charge in [-0.3, -0.25) is 9.98 Å². The summed E-state index contributed by atoms with van der Waals surface area (Å²) in [6.45, 7) is 0.511. The zero-order valence-corrected chi connectivity index (χ0v) is 12.8. The lowest BCUT2D eigenvalue weighted by Gasteiger charge is -2.08. The summed E-state index contributed by atoms with van der Waals surface area (Å²) < 4.78 is 10.5. The topological polar surface area (TPSA) is 95.2 Å². The van der Waals surface area contributed by atoms with Gasteiger partial charge in [-0.25, -0.2) is 0 Å². The van der Waals surface area contributed by atoms with Gasteiger partial charge in [0.2, 0.25) is 0 Å². The maximum absolute atomic E-state index is 5.37. The van der Waals surface area contributed by atoms with Crippen LogP contribution in [-0.2, 0) is 0 Å². The Bertz CT molecular complexity index is 565. The van der Waals surface area contributed by atoms with Gasteiger partial charge >= 0.3 is 0 Å². The Kier molecular flexibility index (Phi) is 7.89. The van der Waals surface area contributed by atoms with Crippen molar-refractivity contribution in [3.63, 3.8) is 0 Å². The zero-order chi connectivity index (χ0) is 16.2. The Balaban J connectivity index is 2.84. The number of methoxy groups -OCH3 is 2. The molecule has 0 spiro atoms.